The summed E-state index contributed by atoms with van der Waals surface area (Å²) in [4.78, 5) is 22.9. The summed E-state index contributed by atoms with van der Waals surface area (Å²) in [6.07, 6.45) is 10.6. The molecule has 0 saturated carbocycles. The van der Waals surface area contributed by atoms with E-state index in [1.807, 2.05) is 53.6 Å². The maximum absolute atomic E-state index is 12.5. The first kappa shape index (κ1) is 21.3. The minimum atomic E-state index is 0.141. The first-order chi connectivity index (χ1) is 14.8. The number of carbonyl (C=O) groups excluding carboxylic acids is 1. The Hall–Kier alpha value is -3.40. The number of guanidine groups is 1. The highest BCUT2D eigenvalue weighted by molar-refractivity contribution is 5.94. The van der Waals surface area contributed by atoms with Crippen LogP contribution in [-0.2, 0) is 0 Å². The number of nitriles is 1. The van der Waals surface area contributed by atoms with E-state index in [-0.39, 0.29) is 5.91 Å². The van der Waals surface area contributed by atoms with Gasteiger partial charge in [-0.3, -0.25) is 20.1 Å². The lowest BCUT2D eigenvalue weighted by atomic mass is 9.91. The molecule has 2 heterocycles. The Morgan fingerprint density at radius 3 is 2.57 bits per heavy atom. The summed E-state index contributed by atoms with van der Waals surface area (Å²) in [6, 6.07) is 13.2. The van der Waals surface area contributed by atoms with Crippen LogP contribution in [0.5, 0.6) is 0 Å². The molecule has 1 aliphatic heterocycles. The van der Waals surface area contributed by atoms with E-state index in [9.17, 15) is 4.79 Å². The fraction of sp³-hybridized carbons (Fsp3) is 0.391. The van der Waals surface area contributed by atoms with Gasteiger partial charge in [-0.15, -0.1) is 0 Å². The molecule has 0 unspecified atom stereocenters. The lowest BCUT2D eigenvalue weighted by Crippen LogP contribution is -2.38. The van der Waals surface area contributed by atoms with Crippen molar-refractivity contribution in [3.05, 3.63) is 60.4 Å². The zero-order chi connectivity index (χ0) is 21.0. The first-order valence-electron chi connectivity index (χ1n) is 10.5. The van der Waals surface area contributed by atoms with Crippen LogP contribution in [0.3, 0.4) is 0 Å². The zero-order valence-electron chi connectivity index (χ0n) is 17.1. The van der Waals surface area contributed by atoms with Crippen LogP contribution >= 0.6 is 0 Å². The van der Waals surface area contributed by atoms with Gasteiger partial charge >= 0.3 is 0 Å². The summed E-state index contributed by atoms with van der Waals surface area (Å²) < 4.78 is 0. The third kappa shape index (κ3) is 6.59. The maximum Gasteiger partial charge on any atom is 0.253 e. The van der Waals surface area contributed by atoms with Crippen LogP contribution in [0.4, 0.5) is 5.69 Å². The van der Waals surface area contributed by atoms with Gasteiger partial charge in [0.05, 0.1) is 0 Å². The van der Waals surface area contributed by atoms with E-state index in [2.05, 4.69) is 20.6 Å². The van der Waals surface area contributed by atoms with E-state index in [4.69, 9.17) is 5.26 Å². The quantitative estimate of drug-likeness (QED) is 0.242. The second kappa shape index (κ2) is 11.6. The first-order valence-corrected chi connectivity index (χ1v) is 10.5. The molecule has 1 aromatic carbocycles. The maximum atomic E-state index is 12.5. The van der Waals surface area contributed by atoms with Crippen LogP contribution < -0.4 is 10.6 Å². The van der Waals surface area contributed by atoms with E-state index in [0.717, 1.165) is 56.4 Å². The molecule has 1 aromatic heterocycles. The fourth-order valence-electron chi connectivity index (χ4n) is 3.66. The van der Waals surface area contributed by atoms with Gasteiger partial charge in [0.1, 0.15) is 0 Å². The van der Waals surface area contributed by atoms with Gasteiger partial charge in [-0.2, -0.15) is 5.26 Å². The average molecular weight is 405 g/mol. The summed E-state index contributed by atoms with van der Waals surface area (Å²) in [5.74, 6) is 1.26. The Bertz CT molecular complexity index is 854. The van der Waals surface area contributed by atoms with Crippen LogP contribution in [0.1, 0.15) is 42.5 Å². The van der Waals surface area contributed by atoms with Crippen molar-refractivity contribution in [2.75, 3.05) is 25.0 Å². The van der Waals surface area contributed by atoms with Gasteiger partial charge in [-0.05, 0) is 49.4 Å². The van der Waals surface area contributed by atoms with Crippen LogP contribution in [0.2, 0.25) is 0 Å². The molecule has 2 N–H and O–H groups in total. The highest BCUT2D eigenvalue weighted by atomic mass is 16.2. The van der Waals surface area contributed by atoms with Crippen molar-refractivity contribution in [3.8, 4) is 6.19 Å². The van der Waals surface area contributed by atoms with Crippen molar-refractivity contribution in [2.45, 2.75) is 32.1 Å². The largest absolute Gasteiger partial charge is 0.339 e. The van der Waals surface area contributed by atoms with Gasteiger partial charge in [-0.25, -0.2) is 0 Å². The molecule has 0 spiro atoms. The molecule has 1 fully saturated rings. The molecule has 1 saturated heterocycles. The normalized spacial score (nSPS) is 14.8. The molecule has 30 heavy (non-hydrogen) atoms. The van der Waals surface area contributed by atoms with Crippen molar-refractivity contribution in [1.29, 1.82) is 5.26 Å². The second-order valence-electron chi connectivity index (χ2n) is 7.43. The third-order valence-electron chi connectivity index (χ3n) is 5.33. The molecular formula is C23H28N6O. The summed E-state index contributed by atoms with van der Waals surface area (Å²) in [5.41, 5.74) is 1.61. The lowest BCUT2D eigenvalue weighted by molar-refractivity contribution is 0.0686. The Labute approximate surface area is 177 Å². The van der Waals surface area contributed by atoms with Gasteiger partial charge < -0.3 is 10.2 Å². The summed E-state index contributed by atoms with van der Waals surface area (Å²) in [7, 11) is 0. The predicted octanol–water partition coefficient (Wildman–Crippen LogP) is 3.64. The molecule has 2 aromatic rings. The number of benzene rings is 1. The molecule has 7 heteroatoms. The van der Waals surface area contributed by atoms with Gasteiger partial charge in [0, 0.05) is 43.3 Å². The number of rotatable bonds is 7. The standard InChI is InChI=1S/C23H28N6O/c24-18-27-23(28-21-9-14-25-15-10-21)26-13-5-4-6-19-11-16-29(17-12-19)22(30)20-7-2-1-3-8-20/h1-3,7-10,14-15,19H,4-6,11-13,16-17H2,(H2,25,26,27,28). The summed E-state index contributed by atoms with van der Waals surface area (Å²) >= 11 is 0. The van der Waals surface area contributed by atoms with Crippen molar-refractivity contribution in [2.24, 2.45) is 10.9 Å². The number of hydrogen-bond donors (Lipinski definition) is 2. The van der Waals surface area contributed by atoms with E-state index in [1.165, 1.54) is 0 Å². The Morgan fingerprint density at radius 1 is 1.13 bits per heavy atom. The van der Waals surface area contributed by atoms with Crippen molar-refractivity contribution >= 4 is 17.6 Å². The number of aliphatic imine (C=N–C) groups is 1. The van der Waals surface area contributed by atoms with Gasteiger partial charge in [-0.1, -0.05) is 31.0 Å². The van der Waals surface area contributed by atoms with E-state index < -0.39 is 0 Å². The topological polar surface area (TPSA) is 93.4 Å². The number of nitrogens with one attached hydrogen (secondary N) is 2. The smallest absolute Gasteiger partial charge is 0.253 e. The Morgan fingerprint density at radius 2 is 1.87 bits per heavy atom. The molecule has 1 amide bonds. The van der Waals surface area contributed by atoms with Crippen molar-refractivity contribution in [1.82, 2.24) is 15.2 Å². The molecule has 0 radical (unpaired) electrons. The number of unbranched alkanes of at least 4 members (excludes halogenated alkanes) is 1. The molecule has 7 nitrogen and oxygen atoms in total. The molecule has 156 valence electrons. The summed E-state index contributed by atoms with van der Waals surface area (Å²) in [6.45, 7) is 2.33. The molecule has 1 aliphatic rings. The fourth-order valence-corrected chi connectivity index (χ4v) is 3.66. The lowest BCUT2D eigenvalue weighted by Gasteiger charge is -2.32. The number of likely N-dealkylation sites (tertiary alicyclic amines) is 1. The summed E-state index contributed by atoms with van der Waals surface area (Å²) in [5, 5.41) is 14.6. The van der Waals surface area contributed by atoms with E-state index in [1.54, 1.807) is 12.4 Å². The minimum Gasteiger partial charge on any atom is -0.339 e. The van der Waals surface area contributed by atoms with Gasteiger partial charge in [0.25, 0.3) is 5.91 Å². The number of hydrogen-bond acceptors (Lipinski definition) is 4. The molecule has 0 bridgehead atoms. The van der Waals surface area contributed by atoms with Crippen LogP contribution in [-0.4, -0.2) is 41.4 Å². The van der Waals surface area contributed by atoms with E-state index in [0.29, 0.717) is 18.4 Å². The number of piperidine rings is 1. The van der Waals surface area contributed by atoms with E-state index >= 15 is 0 Å². The van der Waals surface area contributed by atoms with Crippen LogP contribution in [0.15, 0.2) is 59.9 Å². The number of nitrogens with zero attached hydrogens (tertiary/aromatic N) is 4. The molecular weight excluding hydrogens is 376 g/mol. The minimum absolute atomic E-state index is 0.141. The number of pyridine rings is 1. The Kier molecular flexibility index (Phi) is 8.22. The highest BCUT2D eigenvalue weighted by Gasteiger charge is 2.23. The Balaban J connectivity index is 1.35. The average Bonchev–Trinajstić information content (AvgIpc) is 2.80. The third-order valence-corrected chi connectivity index (χ3v) is 5.33. The van der Waals surface area contributed by atoms with Crippen LogP contribution in [0, 0.1) is 17.4 Å². The van der Waals surface area contributed by atoms with Crippen LogP contribution in [0.25, 0.3) is 0 Å². The number of anilines is 1. The van der Waals surface area contributed by atoms with Gasteiger partial charge in [0.2, 0.25) is 5.96 Å². The molecule has 0 atom stereocenters. The molecule has 0 aliphatic carbocycles. The zero-order valence-corrected chi connectivity index (χ0v) is 17.1. The molecule has 3 rings (SSSR count). The monoisotopic (exact) mass is 404 g/mol. The predicted molar refractivity (Wildman–Crippen MR) is 118 cm³/mol. The highest BCUT2D eigenvalue weighted by Crippen LogP contribution is 2.23. The number of carbonyl (C=O) groups is 1. The number of amides is 1. The van der Waals surface area contributed by atoms with Crippen molar-refractivity contribution < 1.29 is 4.79 Å². The number of aromatic nitrogens is 1. The van der Waals surface area contributed by atoms with Crippen molar-refractivity contribution in [3.63, 3.8) is 0 Å². The SMILES string of the molecule is N#CNC(=NCCCCC1CCN(C(=O)c2ccccc2)CC1)Nc1ccncc1. The second-order valence-corrected chi connectivity index (χ2v) is 7.43. The van der Waals surface area contributed by atoms with Gasteiger partial charge in [0.15, 0.2) is 6.19 Å².